The third-order valence-corrected chi connectivity index (χ3v) is 4.65. The average Bonchev–Trinajstić information content (AvgIpc) is 3.00. The molecular formula is C19H21N3O6. The van der Waals surface area contributed by atoms with Gasteiger partial charge in [0.2, 0.25) is 0 Å². The van der Waals surface area contributed by atoms with Crippen LogP contribution in [0.5, 0.6) is 0 Å². The van der Waals surface area contributed by atoms with Crippen LogP contribution in [-0.2, 0) is 14.3 Å². The molecule has 28 heavy (non-hydrogen) atoms. The molecule has 0 spiro atoms. The number of urea groups is 1. The van der Waals surface area contributed by atoms with Gasteiger partial charge in [0, 0.05) is 6.54 Å². The van der Waals surface area contributed by atoms with Crippen molar-refractivity contribution in [2.24, 2.45) is 0 Å². The Labute approximate surface area is 161 Å². The summed E-state index contributed by atoms with van der Waals surface area (Å²) in [6.07, 6.45) is 0.902. The number of fused-ring (bicyclic) bond motifs is 1. The van der Waals surface area contributed by atoms with Crippen molar-refractivity contribution in [1.82, 2.24) is 15.1 Å². The van der Waals surface area contributed by atoms with E-state index in [2.05, 4.69) is 5.32 Å². The molecule has 9 nitrogen and oxygen atoms in total. The van der Waals surface area contributed by atoms with Gasteiger partial charge in [-0.25, -0.2) is 4.79 Å². The fraction of sp³-hybridized carbons (Fsp3) is 0.421. The van der Waals surface area contributed by atoms with E-state index >= 15 is 0 Å². The van der Waals surface area contributed by atoms with E-state index in [1.54, 1.807) is 38.1 Å². The summed E-state index contributed by atoms with van der Waals surface area (Å²) in [6, 6.07) is 6.03. The quantitative estimate of drug-likeness (QED) is 0.322. The van der Waals surface area contributed by atoms with E-state index in [1.165, 1.54) is 4.90 Å². The number of carbonyl (C=O) groups excluding carboxylic acids is 5. The fourth-order valence-electron chi connectivity index (χ4n) is 3.14. The van der Waals surface area contributed by atoms with Crippen molar-refractivity contribution in [3.63, 3.8) is 0 Å². The number of unbranched alkanes of at least 4 members (excludes halogenated alkanes) is 1. The largest absolute Gasteiger partial charge is 0.464 e. The predicted octanol–water partition coefficient (Wildman–Crippen LogP) is 0.936. The molecule has 0 aliphatic carbocycles. The zero-order valence-corrected chi connectivity index (χ0v) is 15.7. The first kappa shape index (κ1) is 19.5. The Bertz CT molecular complexity index is 828. The van der Waals surface area contributed by atoms with Crippen molar-refractivity contribution in [2.75, 3.05) is 19.7 Å². The second-order valence-corrected chi connectivity index (χ2v) is 7.18. The number of imide groups is 2. The normalized spacial score (nSPS) is 17.8. The third kappa shape index (κ3) is 3.60. The molecular weight excluding hydrogens is 366 g/mol. The number of nitrogens with one attached hydrogen (secondary N) is 1. The number of amides is 5. The zero-order valence-electron chi connectivity index (χ0n) is 15.7. The number of esters is 1. The maximum absolute atomic E-state index is 12.2. The Kier molecular flexibility index (Phi) is 5.17. The third-order valence-electron chi connectivity index (χ3n) is 4.65. The van der Waals surface area contributed by atoms with Gasteiger partial charge in [0.25, 0.3) is 17.7 Å². The van der Waals surface area contributed by atoms with Gasteiger partial charge in [0.15, 0.2) is 0 Å². The molecule has 2 aliphatic heterocycles. The van der Waals surface area contributed by atoms with Gasteiger partial charge in [-0.15, -0.1) is 0 Å². The highest BCUT2D eigenvalue weighted by atomic mass is 16.5. The molecule has 0 bridgehead atoms. The molecule has 3 rings (SSSR count). The lowest BCUT2D eigenvalue weighted by molar-refractivity contribution is -0.147. The zero-order chi connectivity index (χ0) is 20.5. The van der Waals surface area contributed by atoms with E-state index in [0.717, 1.165) is 4.90 Å². The Morgan fingerprint density at radius 3 is 2.14 bits per heavy atom. The molecule has 0 saturated carbocycles. The standard InChI is InChI=1S/C19H21N3O6/c1-19(2)17(26)22(18(27)20-19)11-14(23)28-10-6-5-9-21-15(24)12-7-3-4-8-13(12)16(21)25/h3-4,7-8H,5-6,9-11H2,1-2H3,(H,20,27). The number of ether oxygens (including phenoxy) is 1. The number of hydrogen-bond acceptors (Lipinski definition) is 6. The summed E-state index contributed by atoms with van der Waals surface area (Å²) in [5, 5.41) is 2.48. The fourth-order valence-corrected chi connectivity index (χ4v) is 3.14. The average molecular weight is 387 g/mol. The molecule has 1 aromatic carbocycles. The lowest BCUT2D eigenvalue weighted by Gasteiger charge is -2.15. The van der Waals surface area contributed by atoms with Crippen LogP contribution in [0.25, 0.3) is 0 Å². The second-order valence-electron chi connectivity index (χ2n) is 7.18. The van der Waals surface area contributed by atoms with E-state index in [0.29, 0.717) is 24.0 Å². The van der Waals surface area contributed by atoms with Gasteiger partial charge in [0.05, 0.1) is 17.7 Å². The lowest BCUT2D eigenvalue weighted by atomic mass is 10.1. The van der Waals surface area contributed by atoms with Crippen LogP contribution in [0.2, 0.25) is 0 Å². The van der Waals surface area contributed by atoms with Crippen LogP contribution in [0.4, 0.5) is 4.79 Å². The van der Waals surface area contributed by atoms with Crippen molar-refractivity contribution in [3.05, 3.63) is 35.4 Å². The van der Waals surface area contributed by atoms with Gasteiger partial charge in [0.1, 0.15) is 12.1 Å². The minimum atomic E-state index is -1.04. The number of carbonyl (C=O) groups is 5. The van der Waals surface area contributed by atoms with Crippen molar-refractivity contribution in [3.8, 4) is 0 Å². The molecule has 1 saturated heterocycles. The van der Waals surface area contributed by atoms with Crippen LogP contribution in [0.1, 0.15) is 47.4 Å². The Hall–Kier alpha value is -3.23. The van der Waals surface area contributed by atoms with E-state index in [1.807, 2.05) is 0 Å². The lowest BCUT2D eigenvalue weighted by Crippen LogP contribution is -2.41. The van der Waals surface area contributed by atoms with Crippen LogP contribution >= 0.6 is 0 Å². The SMILES string of the molecule is CC1(C)NC(=O)N(CC(=O)OCCCCN2C(=O)c3ccccc3C2=O)C1=O. The maximum atomic E-state index is 12.2. The highest BCUT2D eigenvalue weighted by Crippen LogP contribution is 2.22. The van der Waals surface area contributed by atoms with E-state index < -0.39 is 30.0 Å². The van der Waals surface area contributed by atoms with Gasteiger partial charge in [-0.1, -0.05) is 12.1 Å². The van der Waals surface area contributed by atoms with Gasteiger partial charge in [-0.2, -0.15) is 0 Å². The van der Waals surface area contributed by atoms with Crippen LogP contribution in [0.15, 0.2) is 24.3 Å². The molecule has 1 N–H and O–H groups in total. The van der Waals surface area contributed by atoms with Crippen LogP contribution in [-0.4, -0.2) is 64.8 Å². The number of hydrogen-bond donors (Lipinski definition) is 1. The summed E-state index contributed by atoms with van der Waals surface area (Å²) < 4.78 is 5.05. The molecule has 0 unspecified atom stereocenters. The van der Waals surface area contributed by atoms with Crippen molar-refractivity contribution in [1.29, 1.82) is 0 Å². The van der Waals surface area contributed by atoms with Gasteiger partial charge in [-0.3, -0.25) is 29.0 Å². The molecule has 0 atom stereocenters. The summed E-state index contributed by atoms with van der Waals surface area (Å²) in [7, 11) is 0. The first-order chi connectivity index (χ1) is 13.2. The molecule has 0 aromatic heterocycles. The first-order valence-electron chi connectivity index (χ1n) is 8.97. The van der Waals surface area contributed by atoms with Crippen LogP contribution in [0.3, 0.4) is 0 Å². The number of benzene rings is 1. The Morgan fingerprint density at radius 2 is 1.61 bits per heavy atom. The molecule has 0 radical (unpaired) electrons. The molecule has 9 heteroatoms. The monoisotopic (exact) mass is 387 g/mol. The minimum Gasteiger partial charge on any atom is -0.464 e. The van der Waals surface area contributed by atoms with Gasteiger partial charge >= 0.3 is 12.0 Å². The molecule has 148 valence electrons. The smallest absolute Gasteiger partial charge is 0.326 e. The highest BCUT2D eigenvalue weighted by molar-refractivity contribution is 6.21. The molecule has 5 amide bonds. The van der Waals surface area contributed by atoms with E-state index in [9.17, 15) is 24.0 Å². The Morgan fingerprint density at radius 1 is 1.00 bits per heavy atom. The molecule has 1 aromatic rings. The van der Waals surface area contributed by atoms with Gasteiger partial charge in [-0.05, 0) is 38.8 Å². The van der Waals surface area contributed by atoms with Crippen molar-refractivity contribution >= 4 is 29.7 Å². The predicted molar refractivity (Wildman–Crippen MR) is 96.3 cm³/mol. The van der Waals surface area contributed by atoms with Crippen molar-refractivity contribution in [2.45, 2.75) is 32.2 Å². The van der Waals surface area contributed by atoms with Crippen LogP contribution < -0.4 is 5.32 Å². The summed E-state index contributed by atoms with van der Waals surface area (Å²) in [6.45, 7) is 2.95. The van der Waals surface area contributed by atoms with E-state index in [4.69, 9.17) is 4.74 Å². The molecule has 1 fully saturated rings. The summed E-state index contributed by atoms with van der Waals surface area (Å²) in [4.78, 5) is 62.1. The van der Waals surface area contributed by atoms with E-state index in [-0.39, 0.29) is 25.0 Å². The molecule has 2 aliphatic rings. The highest BCUT2D eigenvalue weighted by Gasteiger charge is 2.45. The summed E-state index contributed by atoms with van der Waals surface area (Å²) >= 11 is 0. The molecule has 2 heterocycles. The summed E-state index contributed by atoms with van der Waals surface area (Å²) in [5.74, 6) is -1.82. The number of rotatable bonds is 7. The summed E-state index contributed by atoms with van der Waals surface area (Å²) in [5.41, 5.74) is -0.241. The topological polar surface area (TPSA) is 113 Å². The Balaban J connectivity index is 1.39. The maximum Gasteiger partial charge on any atom is 0.326 e. The second kappa shape index (κ2) is 7.41. The van der Waals surface area contributed by atoms with Crippen molar-refractivity contribution < 1.29 is 28.7 Å². The first-order valence-corrected chi connectivity index (χ1v) is 8.97. The minimum absolute atomic E-state index is 0.0645. The van der Waals surface area contributed by atoms with Gasteiger partial charge < -0.3 is 10.1 Å². The van der Waals surface area contributed by atoms with Crippen LogP contribution in [0, 0.1) is 0 Å². The number of nitrogens with zero attached hydrogens (tertiary/aromatic N) is 2.